The normalized spacial score (nSPS) is 17.3. The number of hydrogen-bond donors (Lipinski definition) is 1. The first-order valence-electron chi connectivity index (χ1n) is 6.88. The van der Waals surface area contributed by atoms with Crippen LogP contribution in [0.5, 0.6) is 0 Å². The minimum Gasteiger partial charge on any atom is -0.312 e. The molecule has 1 aliphatic heterocycles. The molecule has 1 heterocycles. The molecule has 1 fully saturated rings. The topological polar surface area (TPSA) is 58.4 Å². The van der Waals surface area contributed by atoms with Gasteiger partial charge in [0.2, 0.25) is 0 Å². The van der Waals surface area contributed by atoms with Crippen LogP contribution < -0.4 is 5.32 Å². The number of hydrogen-bond acceptors (Lipinski definition) is 4. The van der Waals surface area contributed by atoms with Gasteiger partial charge in [0.1, 0.15) is 0 Å². The molecule has 0 aliphatic carbocycles. The van der Waals surface area contributed by atoms with E-state index in [1.54, 1.807) is 12.1 Å². The predicted octanol–water partition coefficient (Wildman–Crippen LogP) is 2.79. The summed E-state index contributed by atoms with van der Waals surface area (Å²) in [7, 11) is 2.15. The highest BCUT2D eigenvalue weighted by Crippen LogP contribution is 2.23. The number of likely N-dealkylation sites (tertiary alicyclic amines) is 1. The SMILES string of the molecule is CN1CCC(CNCc2cc(Br)ccc2[N+](=O)[O-])CC1. The van der Waals surface area contributed by atoms with Crippen LogP contribution >= 0.6 is 15.9 Å². The second kappa shape index (κ2) is 7.15. The van der Waals surface area contributed by atoms with E-state index in [-0.39, 0.29) is 10.6 Å². The molecule has 20 heavy (non-hydrogen) atoms. The summed E-state index contributed by atoms with van der Waals surface area (Å²) in [5.74, 6) is 0.678. The van der Waals surface area contributed by atoms with Gasteiger partial charge in [0.15, 0.2) is 0 Å². The van der Waals surface area contributed by atoms with Gasteiger partial charge in [0.05, 0.1) is 4.92 Å². The van der Waals surface area contributed by atoms with E-state index in [0.717, 1.165) is 29.7 Å². The number of piperidine rings is 1. The lowest BCUT2D eigenvalue weighted by Gasteiger charge is -2.29. The summed E-state index contributed by atoms with van der Waals surface area (Å²) in [5, 5.41) is 14.4. The predicted molar refractivity (Wildman–Crippen MR) is 82.7 cm³/mol. The van der Waals surface area contributed by atoms with Crippen molar-refractivity contribution in [3.05, 3.63) is 38.3 Å². The molecule has 0 atom stereocenters. The lowest BCUT2D eigenvalue weighted by molar-refractivity contribution is -0.385. The van der Waals surface area contributed by atoms with Crippen LogP contribution in [0, 0.1) is 16.0 Å². The third-order valence-electron chi connectivity index (χ3n) is 3.82. The molecule has 1 N–H and O–H groups in total. The summed E-state index contributed by atoms with van der Waals surface area (Å²) in [4.78, 5) is 13.0. The van der Waals surface area contributed by atoms with Crippen molar-refractivity contribution in [2.45, 2.75) is 19.4 Å². The smallest absolute Gasteiger partial charge is 0.273 e. The third-order valence-corrected chi connectivity index (χ3v) is 4.32. The zero-order valence-electron chi connectivity index (χ0n) is 11.6. The van der Waals surface area contributed by atoms with Gasteiger partial charge in [-0.15, -0.1) is 0 Å². The summed E-state index contributed by atoms with van der Waals surface area (Å²) in [6, 6.07) is 5.08. The van der Waals surface area contributed by atoms with Gasteiger partial charge in [-0.2, -0.15) is 0 Å². The van der Waals surface area contributed by atoms with Crippen LogP contribution in [0.2, 0.25) is 0 Å². The number of benzene rings is 1. The first kappa shape index (κ1) is 15.4. The van der Waals surface area contributed by atoms with E-state index in [1.807, 2.05) is 6.07 Å². The van der Waals surface area contributed by atoms with Crippen molar-refractivity contribution >= 4 is 21.6 Å². The van der Waals surface area contributed by atoms with Crippen molar-refractivity contribution in [2.24, 2.45) is 5.92 Å². The maximum atomic E-state index is 11.0. The fourth-order valence-corrected chi connectivity index (χ4v) is 2.96. The molecule has 6 heteroatoms. The van der Waals surface area contributed by atoms with Crippen LogP contribution in [0.15, 0.2) is 22.7 Å². The number of nitro groups is 1. The monoisotopic (exact) mass is 341 g/mol. The zero-order valence-corrected chi connectivity index (χ0v) is 13.2. The molecule has 0 unspecified atom stereocenters. The first-order chi connectivity index (χ1) is 9.56. The Morgan fingerprint density at radius 1 is 1.45 bits per heavy atom. The Morgan fingerprint density at radius 3 is 2.80 bits per heavy atom. The highest BCUT2D eigenvalue weighted by molar-refractivity contribution is 9.10. The molecule has 0 aromatic heterocycles. The molecule has 0 saturated carbocycles. The van der Waals surface area contributed by atoms with Crippen molar-refractivity contribution < 1.29 is 4.92 Å². The zero-order chi connectivity index (χ0) is 14.5. The standard InChI is InChI=1S/C14H20BrN3O2/c1-17-6-4-11(5-7-17)9-16-10-12-8-13(15)2-3-14(12)18(19)20/h2-3,8,11,16H,4-7,9-10H2,1H3. The molecule has 0 spiro atoms. The average Bonchev–Trinajstić information content (AvgIpc) is 2.41. The molecular weight excluding hydrogens is 322 g/mol. The van der Waals surface area contributed by atoms with E-state index in [9.17, 15) is 10.1 Å². The second-order valence-corrected chi connectivity index (χ2v) is 6.32. The Hall–Kier alpha value is -0.980. The van der Waals surface area contributed by atoms with Gasteiger partial charge in [-0.1, -0.05) is 15.9 Å². The van der Waals surface area contributed by atoms with Crippen LogP contribution in [0.25, 0.3) is 0 Å². The number of nitrogens with zero attached hydrogens (tertiary/aromatic N) is 2. The summed E-state index contributed by atoms with van der Waals surface area (Å²) in [6.45, 7) is 3.76. The van der Waals surface area contributed by atoms with Gasteiger partial charge >= 0.3 is 0 Å². The molecule has 2 rings (SSSR count). The molecule has 0 amide bonds. The minimum atomic E-state index is -0.320. The summed E-state index contributed by atoms with van der Waals surface area (Å²) >= 11 is 3.36. The van der Waals surface area contributed by atoms with Gasteiger partial charge in [-0.25, -0.2) is 0 Å². The molecular formula is C14H20BrN3O2. The number of nitro benzene ring substituents is 1. The van der Waals surface area contributed by atoms with Crippen LogP contribution in [0.3, 0.4) is 0 Å². The van der Waals surface area contributed by atoms with Gasteiger partial charge in [0.25, 0.3) is 5.69 Å². The van der Waals surface area contributed by atoms with Gasteiger partial charge in [-0.3, -0.25) is 10.1 Å². The van der Waals surface area contributed by atoms with Gasteiger partial charge in [0, 0.05) is 22.6 Å². The Labute approximate surface area is 127 Å². The molecule has 1 aromatic rings. The van der Waals surface area contributed by atoms with Crippen molar-refractivity contribution in [1.82, 2.24) is 10.2 Å². The van der Waals surface area contributed by atoms with E-state index in [1.165, 1.54) is 12.8 Å². The Bertz CT molecular complexity index is 473. The van der Waals surface area contributed by atoms with Crippen molar-refractivity contribution in [2.75, 3.05) is 26.7 Å². The van der Waals surface area contributed by atoms with E-state index in [2.05, 4.69) is 33.2 Å². The molecule has 0 bridgehead atoms. The Kier molecular flexibility index (Phi) is 5.51. The number of nitrogens with one attached hydrogen (secondary N) is 1. The van der Waals surface area contributed by atoms with E-state index < -0.39 is 0 Å². The van der Waals surface area contributed by atoms with Gasteiger partial charge < -0.3 is 10.2 Å². The molecule has 0 radical (unpaired) electrons. The van der Waals surface area contributed by atoms with E-state index in [4.69, 9.17) is 0 Å². The Balaban J connectivity index is 1.87. The first-order valence-corrected chi connectivity index (χ1v) is 7.67. The lowest BCUT2D eigenvalue weighted by Crippen LogP contribution is -2.34. The van der Waals surface area contributed by atoms with Crippen LogP contribution in [0.1, 0.15) is 18.4 Å². The van der Waals surface area contributed by atoms with Crippen LogP contribution in [0.4, 0.5) is 5.69 Å². The highest BCUT2D eigenvalue weighted by Gasteiger charge is 2.17. The summed E-state index contributed by atoms with van der Waals surface area (Å²) < 4.78 is 0.874. The van der Waals surface area contributed by atoms with E-state index in [0.29, 0.717) is 12.5 Å². The fourth-order valence-electron chi connectivity index (χ4n) is 2.55. The maximum Gasteiger partial charge on any atom is 0.273 e. The quantitative estimate of drug-likeness (QED) is 0.660. The van der Waals surface area contributed by atoms with Gasteiger partial charge in [-0.05, 0) is 57.6 Å². The Morgan fingerprint density at radius 2 is 2.15 bits per heavy atom. The number of rotatable bonds is 5. The highest BCUT2D eigenvalue weighted by atomic mass is 79.9. The third kappa shape index (κ3) is 4.26. The summed E-state index contributed by atoms with van der Waals surface area (Å²) in [6.07, 6.45) is 2.40. The second-order valence-electron chi connectivity index (χ2n) is 5.41. The lowest BCUT2D eigenvalue weighted by atomic mass is 9.97. The van der Waals surface area contributed by atoms with Crippen molar-refractivity contribution in [3.8, 4) is 0 Å². The largest absolute Gasteiger partial charge is 0.312 e. The molecule has 5 nitrogen and oxygen atoms in total. The molecule has 110 valence electrons. The number of halogens is 1. The maximum absolute atomic E-state index is 11.0. The molecule has 1 saturated heterocycles. The summed E-state index contributed by atoms with van der Waals surface area (Å²) in [5.41, 5.74) is 0.918. The van der Waals surface area contributed by atoms with Crippen LogP contribution in [-0.2, 0) is 6.54 Å². The minimum absolute atomic E-state index is 0.184. The van der Waals surface area contributed by atoms with E-state index >= 15 is 0 Å². The van der Waals surface area contributed by atoms with Crippen LogP contribution in [-0.4, -0.2) is 36.5 Å². The van der Waals surface area contributed by atoms with Crippen molar-refractivity contribution in [3.63, 3.8) is 0 Å². The van der Waals surface area contributed by atoms with Crippen molar-refractivity contribution in [1.29, 1.82) is 0 Å². The molecule has 1 aromatic carbocycles. The average molecular weight is 342 g/mol. The molecule has 1 aliphatic rings. The fraction of sp³-hybridized carbons (Fsp3) is 0.571.